The van der Waals surface area contributed by atoms with Gasteiger partial charge in [0, 0.05) is 24.5 Å². The van der Waals surface area contributed by atoms with Crippen LogP contribution in [-0.2, 0) is 6.54 Å². The highest BCUT2D eigenvalue weighted by Gasteiger charge is 2.22. The average molecular weight is 387 g/mol. The molecule has 0 aliphatic rings. The largest absolute Gasteiger partial charge is 0.337 e. The molecule has 0 N–H and O–H groups in total. The molecule has 4 rings (SSSR count). The van der Waals surface area contributed by atoms with E-state index in [1.54, 1.807) is 30.5 Å². The van der Waals surface area contributed by atoms with Crippen LogP contribution in [0.5, 0.6) is 0 Å². The monoisotopic (exact) mass is 387 g/mol. The van der Waals surface area contributed by atoms with Crippen molar-refractivity contribution in [1.82, 2.24) is 24.4 Å². The van der Waals surface area contributed by atoms with Crippen molar-refractivity contribution in [3.63, 3.8) is 0 Å². The Kier molecular flexibility index (Phi) is 4.98. The Hall–Kier alpha value is -4.07. The minimum Gasteiger partial charge on any atom is -0.337 e. The Bertz CT molecular complexity index is 1230. The Morgan fingerprint density at radius 1 is 1.17 bits per heavy atom. The number of hydrogen-bond acceptors (Lipinski definition) is 6. The lowest BCUT2D eigenvalue weighted by molar-refractivity contribution is 0.0743. The summed E-state index contributed by atoms with van der Waals surface area (Å²) >= 11 is 0. The predicted molar refractivity (Wildman–Crippen MR) is 106 cm³/mol. The first-order chi connectivity index (χ1) is 14.2. The molecule has 0 saturated carbocycles. The molecule has 29 heavy (non-hydrogen) atoms. The number of carbonyl (C=O) groups excluding carboxylic acids is 1. The molecule has 144 valence electrons. The van der Waals surface area contributed by atoms with E-state index < -0.39 is 11.5 Å². The number of rotatable bonds is 6. The van der Waals surface area contributed by atoms with Crippen LogP contribution in [0.1, 0.15) is 16.2 Å². The third-order valence-corrected chi connectivity index (χ3v) is 4.31. The summed E-state index contributed by atoms with van der Waals surface area (Å²) in [6.45, 7) is 3.93. The molecule has 8 nitrogen and oxygen atoms in total. The molecular weight excluding hydrogens is 370 g/mol. The van der Waals surface area contributed by atoms with Gasteiger partial charge in [-0.3, -0.25) is 14.0 Å². The quantitative estimate of drug-likeness (QED) is 0.472. The van der Waals surface area contributed by atoms with Crippen LogP contribution in [-0.4, -0.2) is 36.9 Å². The van der Waals surface area contributed by atoms with Crippen LogP contribution in [0, 0.1) is 0 Å². The van der Waals surface area contributed by atoms with Gasteiger partial charge < -0.3 is 9.42 Å². The molecule has 4 aromatic rings. The summed E-state index contributed by atoms with van der Waals surface area (Å²) in [5.41, 5.74) is 0.790. The summed E-state index contributed by atoms with van der Waals surface area (Å²) in [6.07, 6.45) is 4.43. The smallest absolute Gasteiger partial charge is 0.270 e. The van der Waals surface area contributed by atoms with Crippen molar-refractivity contribution in [1.29, 1.82) is 0 Å². The van der Waals surface area contributed by atoms with Crippen molar-refractivity contribution in [2.24, 2.45) is 0 Å². The number of amides is 1. The number of aromatic nitrogens is 4. The van der Waals surface area contributed by atoms with Gasteiger partial charge in [0.15, 0.2) is 0 Å². The van der Waals surface area contributed by atoms with Gasteiger partial charge in [-0.05, 0) is 12.1 Å². The zero-order valence-corrected chi connectivity index (χ0v) is 15.4. The summed E-state index contributed by atoms with van der Waals surface area (Å²) < 4.78 is 6.63. The standard InChI is InChI=1S/C21H17N5O3/c1-2-11-25(14-18-23-19(24-29-18)15-8-4-3-5-9-15)20(27)16-13-22-17-10-6-7-12-26(17)21(16)28/h2-10,12-13H,1,11,14H2. The van der Waals surface area contributed by atoms with Gasteiger partial charge in [-0.1, -0.05) is 47.6 Å². The first-order valence-electron chi connectivity index (χ1n) is 8.92. The number of hydrogen-bond donors (Lipinski definition) is 0. The lowest BCUT2D eigenvalue weighted by Gasteiger charge is -2.18. The zero-order chi connectivity index (χ0) is 20.2. The highest BCUT2D eigenvalue weighted by molar-refractivity contribution is 5.93. The molecule has 0 spiro atoms. The molecule has 3 aromatic heterocycles. The fourth-order valence-electron chi connectivity index (χ4n) is 2.91. The van der Waals surface area contributed by atoms with Crippen LogP contribution in [0.3, 0.4) is 0 Å². The second-order valence-electron chi connectivity index (χ2n) is 6.26. The van der Waals surface area contributed by atoms with E-state index in [-0.39, 0.29) is 24.5 Å². The fourth-order valence-corrected chi connectivity index (χ4v) is 2.91. The van der Waals surface area contributed by atoms with Crippen molar-refractivity contribution in [3.05, 3.63) is 95.4 Å². The molecule has 8 heteroatoms. The van der Waals surface area contributed by atoms with Crippen LogP contribution in [0.4, 0.5) is 0 Å². The predicted octanol–water partition coefficient (Wildman–Crippen LogP) is 2.57. The molecule has 1 aromatic carbocycles. The minimum absolute atomic E-state index is 0.0432. The van der Waals surface area contributed by atoms with Gasteiger partial charge in [0.25, 0.3) is 11.5 Å². The molecule has 1 amide bonds. The zero-order valence-electron chi connectivity index (χ0n) is 15.4. The van der Waals surface area contributed by atoms with E-state index in [9.17, 15) is 9.59 Å². The van der Waals surface area contributed by atoms with E-state index in [1.807, 2.05) is 30.3 Å². The van der Waals surface area contributed by atoms with Gasteiger partial charge in [-0.25, -0.2) is 4.98 Å². The Morgan fingerprint density at radius 2 is 1.97 bits per heavy atom. The van der Waals surface area contributed by atoms with Crippen LogP contribution >= 0.6 is 0 Å². The van der Waals surface area contributed by atoms with Crippen LogP contribution in [0.25, 0.3) is 17.0 Å². The van der Waals surface area contributed by atoms with Crippen molar-refractivity contribution in [2.45, 2.75) is 6.54 Å². The van der Waals surface area contributed by atoms with Gasteiger partial charge in [0.2, 0.25) is 11.7 Å². The van der Waals surface area contributed by atoms with E-state index in [1.165, 1.54) is 15.5 Å². The van der Waals surface area contributed by atoms with Crippen molar-refractivity contribution >= 4 is 11.6 Å². The normalized spacial score (nSPS) is 10.8. The minimum atomic E-state index is -0.486. The molecule has 0 aliphatic carbocycles. The molecule has 0 unspecified atom stereocenters. The average Bonchev–Trinajstić information content (AvgIpc) is 3.23. The number of carbonyl (C=O) groups is 1. The maximum atomic E-state index is 13.0. The summed E-state index contributed by atoms with van der Waals surface area (Å²) in [5.74, 6) is 0.201. The van der Waals surface area contributed by atoms with Gasteiger partial charge in [-0.15, -0.1) is 6.58 Å². The third kappa shape index (κ3) is 3.68. The van der Waals surface area contributed by atoms with Gasteiger partial charge in [-0.2, -0.15) is 4.98 Å². The summed E-state index contributed by atoms with van der Waals surface area (Å²) in [5, 5.41) is 3.96. The highest BCUT2D eigenvalue weighted by atomic mass is 16.5. The van der Waals surface area contributed by atoms with Crippen molar-refractivity contribution < 1.29 is 9.32 Å². The molecule has 0 aliphatic heterocycles. The molecule has 0 bridgehead atoms. The van der Waals surface area contributed by atoms with E-state index >= 15 is 0 Å². The second kappa shape index (κ2) is 7.89. The summed E-state index contributed by atoms with van der Waals surface area (Å²) in [7, 11) is 0. The Labute approximate surface area is 165 Å². The van der Waals surface area contributed by atoms with Gasteiger partial charge >= 0.3 is 0 Å². The lowest BCUT2D eigenvalue weighted by atomic mass is 10.2. The number of benzene rings is 1. The fraction of sp³-hybridized carbons (Fsp3) is 0.0952. The van der Waals surface area contributed by atoms with Crippen LogP contribution < -0.4 is 5.56 Å². The summed E-state index contributed by atoms with van der Waals surface area (Å²) in [6, 6.07) is 14.5. The molecule has 3 heterocycles. The third-order valence-electron chi connectivity index (χ3n) is 4.31. The van der Waals surface area contributed by atoms with Crippen LogP contribution in [0.15, 0.2) is 82.9 Å². The Morgan fingerprint density at radius 3 is 2.76 bits per heavy atom. The van der Waals surface area contributed by atoms with Gasteiger partial charge in [0.05, 0.1) is 0 Å². The van der Waals surface area contributed by atoms with Crippen LogP contribution in [0.2, 0.25) is 0 Å². The molecular formula is C21H17N5O3. The lowest BCUT2D eigenvalue weighted by Crippen LogP contribution is -2.35. The first-order valence-corrected chi connectivity index (χ1v) is 8.92. The first kappa shape index (κ1) is 18.3. The van der Waals surface area contributed by atoms with E-state index in [0.29, 0.717) is 11.5 Å². The molecule has 0 fully saturated rings. The number of pyridine rings is 1. The maximum absolute atomic E-state index is 13.0. The maximum Gasteiger partial charge on any atom is 0.270 e. The molecule has 0 atom stereocenters. The molecule has 0 radical (unpaired) electrons. The van der Waals surface area contributed by atoms with E-state index in [4.69, 9.17) is 4.52 Å². The highest BCUT2D eigenvalue weighted by Crippen LogP contribution is 2.16. The number of nitrogens with zero attached hydrogens (tertiary/aromatic N) is 5. The summed E-state index contributed by atoms with van der Waals surface area (Å²) in [4.78, 5) is 35.7. The molecule has 0 saturated heterocycles. The van der Waals surface area contributed by atoms with E-state index in [2.05, 4.69) is 21.7 Å². The SMILES string of the molecule is C=CCN(Cc1nc(-c2ccccc2)no1)C(=O)c1cnc2ccccn2c1=O. The topological polar surface area (TPSA) is 93.6 Å². The van der Waals surface area contributed by atoms with Crippen molar-refractivity contribution in [3.8, 4) is 11.4 Å². The van der Waals surface area contributed by atoms with Crippen molar-refractivity contribution in [2.75, 3.05) is 6.54 Å². The number of fused-ring (bicyclic) bond motifs is 1. The Balaban J connectivity index is 1.62. The second-order valence-corrected chi connectivity index (χ2v) is 6.26. The van der Waals surface area contributed by atoms with Gasteiger partial charge in [0.1, 0.15) is 17.8 Å². The van der Waals surface area contributed by atoms with E-state index in [0.717, 1.165) is 5.56 Å².